The molecule has 0 radical (unpaired) electrons. The van der Waals surface area contributed by atoms with Crippen molar-refractivity contribution in [2.45, 2.75) is 26.3 Å². The van der Waals surface area contributed by atoms with Crippen LogP contribution >= 0.6 is 11.6 Å². The maximum absolute atomic E-state index is 12.4. The van der Waals surface area contributed by atoms with Gasteiger partial charge in [-0.3, -0.25) is 19.7 Å². The Morgan fingerprint density at radius 1 is 1.38 bits per heavy atom. The van der Waals surface area contributed by atoms with Gasteiger partial charge in [0.1, 0.15) is 11.6 Å². The predicted molar refractivity (Wildman–Crippen MR) is 76.5 cm³/mol. The van der Waals surface area contributed by atoms with E-state index in [0.717, 1.165) is 11.0 Å². The summed E-state index contributed by atoms with van der Waals surface area (Å²) in [5.41, 5.74) is -1.13. The van der Waals surface area contributed by atoms with Crippen molar-refractivity contribution < 1.29 is 19.6 Å². The molecule has 1 amide bonds. The highest BCUT2D eigenvalue weighted by Gasteiger charge is 2.30. The van der Waals surface area contributed by atoms with Crippen LogP contribution < -0.4 is 0 Å². The number of nitrogens with zero attached hydrogens (tertiary/aromatic N) is 2. The number of carboxylic acids is 1. The molecule has 7 nitrogen and oxygen atoms in total. The van der Waals surface area contributed by atoms with Crippen LogP contribution in [0, 0.1) is 10.1 Å². The lowest BCUT2D eigenvalue weighted by molar-refractivity contribution is -0.384. The van der Waals surface area contributed by atoms with Crippen LogP contribution in [0.15, 0.2) is 18.2 Å². The smallest absolute Gasteiger partial charge is 0.323 e. The summed E-state index contributed by atoms with van der Waals surface area (Å²) in [6, 6.07) is 3.62. The Kier molecular flexibility index (Phi) is 4.90. The molecule has 0 aliphatic carbocycles. The number of nitro groups is 1. The molecule has 1 N–H and O–H groups in total. The van der Waals surface area contributed by atoms with Crippen LogP contribution in [0.25, 0.3) is 0 Å². The molecule has 0 heterocycles. The van der Waals surface area contributed by atoms with Gasteiger partial charge >= 0.3 is 5.97 Å². The predicted octanol–water partition coefficient (Wildman–Crippen LogP) is 2.57. The molecule has 0 aliphatic heterocycles. The summed E-state index contributed by atoms with van der Waals surface area (Å²) in [5, 5.41) is 19.7. The molecule has 0 aromatic heterocycles. The van der Waals surface area contributed by atoms with Gasteiger partial charge in [-0.05, 0) is 32.9 Å². The maximum Gasteiger partial charge on any atom is 0.323 e. The number of rotatable bonds is 4. The van der Waals surface area contributed by atoms with Crippen molar-refractivity contribution in [3.05, 3.63) is 38.9 Å². The SMILES string of the molecule is CC(C)(C)N(CC(=O)O)C(=O)c1ccc(Cl)c([N+](=O)[O-])c1. The van der Waals surface area contributed by atoms with Gasteiger partial charge in [-0.25, -0.2) is 0 Å². The van der Waals surface area contributed by atoms with E-state index in [2.05, 4.69) is 0 Å². The van der Waals surface area contributed by atoms with Gasteiger partial charge in [0.15, 0.2) is 0 Å². The summed E-state index contributed by atoms with van der Waals surface area (Å²) in [6.45, 7) is 4.53. The molecule has 0 saturated carbocycles. The van der Waals surface area contributed by atoms with Crippen LogP contribution in [0.4, 0.5) is 5.69 Å². The minimum Gasteiger partial charge on any atom is -0.480 e. The van der Waals surface area contributed by atoms with Gasteiger partial charge in [0.25, 0.3) is 11.6 Å². The third kappa shape index (κ3) is 4.16. The molecule has 1 aromatic rings. The summed E-state index contributed by atoms with van der Waals surface area (Å²) in [4.78, 5) is 34.6. The van der Waals surface area contributed by atoms with E-state index in [1.54, 1.807) is 20.8 Å². The van der Waals surface area contributed by atoms with Crippen molar-refractivity contribution in [2.75, 3.05) is 6.54 Å². The van der Waals surface area contributed by atoms with Crippen LogP contribution in [0.5, 0.6) is 0 Å². The number of hydrogen-bond donors (Lipinski definition) is 1. The van der Waals surface area contributed by atoms with Crippen molar-refractivity contribution in [3.63, 3.8) is 0 Å². The summed E-state index contributed by atoms with van der Waals surface area (Å²) >= 11 is 5.69. The lowest BCUT2D eigenvalue weighted by Gasteiger charge is -2.34. The standard InChI is InChI=1S/C13H15ClN2O5/c1-13(2,3)15(7-11(17)18)12(19)8-4-5-9(14)10(6-8)16(20)21/h4-6H,7H2,1-3H3,(H,17,18). The largest absolute Gasteiger partial charge is 0.480 e. The summed E-state index contributed by atoms with van der Waals surface area (Å²) < 4.78 is 0. The Labute approximate surface area is 126 Å². The third-order valence-electron chi connectivity index (χ3n) is 2.74. The first-order valence-electron chi connectivity index (χ1n) is 6.01. The Morgan fingerprint density at radius 3 is 2.38 bits per heavy atom. The third-order valence-corrected chi connectivity index (χ3v) is 3.06. The summed E-state index contributed by atoms with van der Waals surface area (Å²) in [6.07, 6.45) is 0. The second kappa shape index (κ2) is 6.09. The lowest BCUT2D eigenvalue weighted by Crippen LogP contribution is -2.48. The number of nitro benzene ring substituents is 1. The topological polar surface area (TPSA) is 101 Å². The molecule has 0 fully saturated rings. The molecule has 1 aromatic carbocycles. The second-order valence-electron chi connectivity index (χ2n) is 5.38. The molecule has 0 atom stereocenters. The average Bonchev–Trinajstić information content (AvgIpc) is 2.33. The monoisotopic (exact) mass is 314 g/mol. The van der Waals surface area contributed by atoms with E-state index in [9.17, 15) is 19.7 Å². The number of benzene rings is 1. The molecule has 114 valence electrons. The Balaban J connectivity index is 3.24. The van der Waals surface area contributed by atoms with Crippen molar-refractivity contribution >= 4 is 29.2 Å². The number of hydrogen-bond acceptors (Lipinski definition) is 4. The molecule has 21 heavy (non-hydrogen) atoms. The van der Waals surface area contributed by atoms with Gasteiger partial charge in [0.05, 0.1) is 4.92 Å². The molecular weight excluding hydrogens is 300 g/mol. The highest BCUT2D eigenvalue weighted by atomic mass is 35.5. The number of amides is 1. The Hall–Kier alpha value is -2.15. The molecule has 0 unspecified atom stereocenters. The zero-order chi connectivity index (χ0) is 16.4. The van der Waals surface area contributed by atoms with E-state index in [-0.39, 0.29) is 10.6 Å². The van der Waals surface area contributed by atoms with Gasteiger partial charge in [-0.2, -0.15) is 0 Å². The normalized spacial score (nSPS) is 11.0. The van der Waals surface area contributed by atoms with Crippen molar-refractivity contribution in [3.8, 4) is 0 Å². The van der Waals surface area contributed by atoms with Crippen LogP contribution in [-0.4, -0.2) is 38.9 Å². The molecule has 1 rings (SSSR count). The van der Waals surface area contributed by atoms with Gasteiger partial charge in [0, 0.05) is 17.2 Å². The fourth-order valence-electron chi connectivity index (χ4n) is 1.69. The molecule has 0 spiro atoms. The van der Waals surface area contributed by atoms with E-state index >= 15 is 0 Å². The zero-order valence-corrected chi connectivity index (χ0v) is 12.5. The van der Waals surface area contributed by atoms with E-state index in [4.69, 9.17) is 16.7 Å². The minimum absolute atomic E-state index is 0.0160. The van der Waals surface area contributed by atoms with Gasteiger partial charge in [-0.1, -0.05) is 11.6 Å². The van der Waals surface area contributed by atoms with E-state index in [1.807, 2.05) is 0 Å². The number of halogens is 1. The molecule has 0 bridgehead atoms. The highest BCUT2D eigenvalue weighted by molar-refractivity contribution is 6.32. The fourth-order valence-corrected chi connectivity index (χ4v) is 1.88. The number of carbonyl (C=O) groups is 2. The first kappa shape index (κ1) is 16.9. The lowest BCUT2D eigenvalue weighted by atomic mass is 10.0. The van der Waals surface area contributed by atoms with Gasteiger partial charge in [-0.15, -0.1) is 0 Å². The number of carboxylic acid groups (broad SMARTS) is 1. The molecular formula is C13H15ClN2O5. The number of carbonyl (C=O) groups excluding carboxylic acids is 1. The van der Waals surface area contributed by atoms with E-state index in [0.29, 0.717) is 0 Å². The van der Waals surface area contributed by atoms with Crippen molar-refractivity contribution in [1.29, 1.82) is 0 Å². The quantitative estimate of drug-likeness (QED) is 0.680. The first-order chi connectivity index (χ1) is 9.54. The van der Waals surface area contributed by atoms with Crippen LogP contribution in [-0.2, 0) is 4.79 Å². The van der Waals surface area contributed by atoms with Crippen LogP contribution in [0.3, 0.4) is 0 Å². The minimum atomic E-state index is -1.17. The summed E-state index contributed by atoms with van der Waals surface area (Å²) in [5.74, 6) is -1.77. The van der Waals surface area contributed by atoms with Crippen molar-refractivity contribution in [2.24, 2.45) is 0 Å². The summed E-state index contributed by atoms with van der Waals surface area (Å²) in [7, 11) is 0. The second-order valence-corrected chi connectivity index (χ2v) is 5.79. The zero-order valence-electron chi connectivity index (χ0n) is 11.8. The average molecular weight is 315 g/mol. The van der Waals surface area contributed by atoms with Crippen LogP contribution in [0.2, 0.25) is 5.02 Å². The van der Waals surface area contributed by atoms with Gasteiger partial charge in [0.2, 0.25) is 0 Å². The van der Waals surface area contributed by atoms with E-state index in [1.165, 1.54) is 12.1 Å². The Morgan fingerprint density at radius 2 is 1.95 bits per heavy atom. The molecule has 0 aliphatic rings. The molecule has 0 saturated heterocycles. The fraction of sp³-hybridized carbons (Fsp3) is 0.385. The first-order valence-corrected chi connectivity index (χ1v) is 6.39. The Bertz CT molecular complexity index is 595. The highest BCUT2D eigenvalue weighted by Crippen LogP contribution is 2.27. The van der Waals surface area contributed by atoms with Gasteiger partial charge < -0.3 is 10.0 Å². The maximum atomic E-state index is 12.4. The number of aliphatic carboxylic acids is 1. The van der Waals surface area contributed by atoms with Crippen LogP contribution in [0.1, 0.15) is 31.1 Å². The molecule has 8 heteroatoms. The van der Waals surface area contributed by atoms with Crippen molar-refractivity contribution in [1.82, 2.24) is 4.90 Å². The van der Waals surface area contributed by atoms with E-state index < -0.39 is 34.6 Å².